The first-order valence-electron chi connectivity index (χ1n) is 8.88. The molecule has 1 N–H and O–H groups in total. The summed E-state index contributed by atoms with van der Waals surface area (Å²) in [5.41, 5.74) is 2.60. The second-order valence-electron chi connectivity index (χ2n) is 6.34. The van der Waals surface area contributed by atoms with Gasteiger partial charge < -0.3 is 24.3 Å². The number of nitrogens with zero attached hydrogens (tertiary/aromatic N) is 2. The molecule has 27 heavy (non-hydrogen) atoms. The number of hydrogen-bond acceptors (Lipinski definition) is 5. The van der Waals surface area contributed by atoms with E-state index in [-0.39, 0.29) is 17.6 Å². The third-order valence-corrected chi connectivity index (χ3v) is 4.11. The van der Waals surface area contributed by atoms with Crippen molar-refractivity contribution in [3.63, 3.8) is 0 Å². The van der Waals surface area contributed by atoms with Crippen molar-refractivity contribution in [2.24, 2.45) is 0 Å². The molecule has 2 aromatic rings. The Morgan fingerprint density at radius 2 is 2.00 bits per heavy atom. The Bertz CT molecular complexity index is 757. The lowest BCUT2D eigenvalue weighted by Gasteiger charge is -2.25. The standard InChI is InChI=1S/C20H27N3O4/c1-5-19(24)21-16-8-9-17(22(2)3)15(13-16)14-23(10-12-26-4)20(25)18-7-6-11-27-18/h6-9,11,13H,5,10,12,14H2,1-4H3,(H,21,24). The van der Waals surface area contributed by atoms with E-state index in [1.54, 1.807) is 31.1 Å². The second-order valence-corrected chi connectivity index (χ2v) is 6.34. The van der Waals surface area contributed by atoms with E-state index in [1.165, 1.54) is 6.26 Å². The summed E-state index contributed by atoms with van der Waals surface area (Å²) in [5, 5.41) is 2.87. The largest absolute Gasteiger partial charge is 0.459 e. The number of carbonyl (C=O) groups is 2. The zero-order chi connectivity index (χ0) is 19.8. The van der Waals surface area contributed by atoms with Gasteiger partial charge in [-0.3, -0.25) is 9.59 Å². The summed E-state index contributed by atoms with van der Waals surface area (Å²) in [6.45, 7) is 3.01. The highest BCUT2D eigenvalue weighted by atomic mass is 16.5. The number of ether oxygens (including phenoxy) is 1. The average molecular weight is 373 g/mol. The number of amides is 2. The van der Waals surface area contributed by atoms with Gasteiger partial charge >= 0.3 is 0 Å². The summed E-state index contributed by atoms with van der Waals surface area (Å²) >= 11 is 0. The fraction of sp³-hybridized carbons (Fsp3) is 0.400. The molecule has 7 heteroatoms. The minimum Gasteiger partial charge on any atom is -0.459 e. The number of methoxy groups -OCH3 is 1. The summed E-state index contributed by atoms with van der Waals surface area (Å²) in [6, 6.07) is 9.03. The minimum atomic E-state index is -0.204. The lowest BCUT2D eigenvalue weighted by atomic mass is 10.1. The molecule has 2 amide bonds. The van der Waals surface area contributed by atoms with Gasteiger partial charge in [-0.1, -0.05) is 6.92 Å². The lowest BCUT2D eigenvalue weighted by molar-refractivity contribution is -0.115. The van der Waals surface area contributed by atoms with Crippen LogP contribution in [0.4, 0.5) is 11.4 Å². The first kappa shape index (κ1) is 20.5. The number of rotatable bonds is 9. The van der Waals surface area contributed by atoms with E-state index in [0.717, 1.165) is 11.3 Å². The Balaban J connectivity index is 2.31. The van der Waals surface area contributed by atoms with Crippen molar-refractivity contribution in [2.75, 3.05) is 44.6 Å². The summed E-state index contributed by atoms with van der Waals surface area (Å²) in [4.78, 5) is 28.2. The van der Waals surface area contributed by atoms with Crippen LogP contribution >= 0.6 is 0 Å². The number of nitrogens with one attached hydrogen (secondary N) is 1. The van der Waals surface area contributed by atoms with Crippen LogP contribution in [0.1, 0.15) is 29.5 Å². The maximum Gasteiger partial charge on any atom is 0.289 e. The van der Waals surface area contributed by atoms with Gasteiger partial charge in [0, 0.05) is 52.1 Å². The molecule has 0 atom stereocenters. The normalized spacial score (nSPS) is 10.5. The van der Waals surface area contributed by atoms with Gasteiger partial charge in [-0.15, -0.1) is 0 Å². The molecule has 0 spiro atoms. The molecule has 0 aliphatic rings. The summed E-state index contributed by atoms with van der Waals surface area (Å²) in [6.07, 6.45) is 1.88. The highest BCUT2D eigenvalue weighted by molar-refractivity contribution is 5.92. The van der Waals surface area contributed by atoms with E-state index in [4.69, 9.17) is 9.15 Å². The van der Waals surface area contributed by atoms with Crippen molar-refractivity contribution in [1.82, 2.24) is 4.90 Å². The van der Waals surface area contributed by atoms with Gasteiger partial charge in [-0.25, -0.2) is 0 Å². The van der Waals surface area contributed by atoms with E-state index in [2.05, 4.69) is 5.32 Å². The van der Waals surface area contributed by atoms with Gasteiger partial charge in [-0.05, 0) is 35.9 Å². The topological polar surface area (TPSA) is 75.0 Å². The predicted octanol–water partition coefficient (Wildman–Crippen LogP) is 2.98. The van der Waals surface area contributed by atoms with E-state index < -0.39 is 0 Å². The number of carbonyl (C=O) groups excluding carboxylic acids is 2. The zero-order valence-electron chi connectivity index (χ0n) is 16.3. The van der Waals surface area contributed by atoms with E-state index in [9.17, 15) is 9.59 Å². The Morgan fingerprint density at radius 3 is 2.59 bits per heavy atom. The van der Waals surface area contributed by atoms with Crippen LogP contribution in [0.15, 0.2) is 41.0 Å². The SMILES string of the molecule is CCC(=O)Nc1ccc(N(C)C)c(CN(CCOC)C(=O)c2ccco2)c1. The maximum atomic E-state index is 12.8. The Hall–Kier alpha value is -2.80. The molecule has 7 nitrogen and oxygen atoms in total. The highest BCUT2D eigenvalue weighted by Gasteiger charge is 2.20. The first-order valence-corrected chi connectivity index (χ1v) is 8.88. The highest BCUT2D eigenvalue weighted by Crippen LogP contribution is 2.25. The van der Waals surface area contributed by atoms with Gasteiger partial charge in [0.25, 0.3) is 5.91 Å². The van der Waals surface area contributed by atoms with Gasteiger partial charge in [0.1, 0.15) is 0 Å². The monoisotopic (exact) mass is 373 g/mol. The second kappa shape index (κ2) is 9.78. The number of benzene rings is 1. The van der Waals surface area contributed by atoms with E-state index in [1.807, 2.05) is 37.2 Å². The van der Waals surface area contributed by atoms with Crippen molar-refractivity contribution in [3.05, 3.63) is 47.9 Å². The summed E-state index contributed by atoms with van der Waals surface area (Å²) in [7, 11) is 5.48. The Labute approximate surface area is 159 Å². The molecular formula is C20H27N3O4. The van der Waals surface area contributed by atoms with Crippen LogP contribution in [0.25, 0.3) is 0 Å². The molecule has 0 aliphatic carbocycles. The summed E-state index contributed by atoms with van der Waals surface area (Å²) < 4.78 is 10.4. The Kier molecular flexibility index (Phi) is 7.43. The molecule has 0 bridgehead atoms. The fourth-order valence-corrected chi connectivity index (χ4v) is 2.69. The number of hydrogen-bond donors (Lipinski definition) is 1. The van der Waals surface area contributed by atoms with Crippen molar-refractivity contribution in [3.8, 4) is 0 Å². The molecule has 2 rings (SSSR count). The Morgan fingerprint density at radius 1 is 1.22 bits per heavy atom. The quantitative estimate of drug-likeness (QED) is 0.731. The molecule has 0 unspecified atom stereocenters. The first-order chi connectivity index (χ1) is 13.0. The molecule has 146 valence electrons. The lowest BCUT2D eigenvalue weighted by Crippen LogP contribution is -2.33. The molecule has 1 aromatic heterocycles. The van der Waals surface area contributed by atoms with Crippen LogP contribution < -0.4 is 10.2 Å². The molecule has 0 fully saturated rings. The molecule has 1 heterocycles. The third kappa shape index (κ3) is 5.59. The van der Waals surface area contributed by atoms with Crippen LogP contribution in [0.2, 0.25) is 0 Å². The molecule has 1 aromatic carbocycles. The van der Waals surface area contributed by atoms with Crippen molar-refractivity contribution >= 4 is 23.2 Å². The fourth-order valence-electron chi connectivity index (χ4n) is 2.69. The predicted molar refractivity (Wildman–Crippen MR) is 105 cm³/mol. The van der Waals surface area contributed by atoms with Crippen molar-refractivity contribution in [2.45, 2.75) is 19.9 Å². The van der Waals surface area contributed by atoms with Crippen molar-refractivity contribution < 1.29 is 18.7 Å². The van der Waals surface area contributed by atoms with Gasteiger partial charge in [0.05, 0.1) is 12.9 Å². The van der Waals surface area contributed by atoms with Crippen LogP contribution in [0, 0.1) is 0 Å². The number of anilines is 2. The van der Waals surface area contributed by atoms with Crippen LogP contribution in [0.3, 0.4) is 0 Å². The van der Waals surface area contributed by atoms with Gasteiger partial charge in [0.2, 0.25) is 5.91 Å². The average Bonchev–Trinajstić information content (AvgIpc) is 3.19. The number of furan rings is 1. The van der Waals surface area contributed by atoms with Crippen LogP contribution in [-0.4, -0.2) is 51.1 Å². The summed E-state index contributed by atoms with van der Waals surface area (Å²) in [5.74, 6) is 0.0270. The minimum absolute atomic E-state index is 0.0542. The maximum absolute atomic E-state index is 12.8. The van der Waals surface area contributed by atoms with Gasteiger partial charge in [0.15, 0.2) is 5.76 Å². The van der Waals surface area contributed by atoms with Gasteiger partial charge in [-0.2, -0.15) is 0 Å². The molecule has 0 saturated carbocycles. The van der Waals surface area contributed by atoms with Crippen LogP contribution in [-0.2, 0) is 16.1 Å². The molecular weight excluding hydrogens is 346 g/mol. The van der Waals surface area contributed by atoms with E-state index >= 15 is 0 Å². The van der Waals surface area contributed by atoms with Crippen molar-refractivity contribution in [1.29, 1.82) is 0 Å². The molecule has 0 radical (unpaired) electrons. The zero-order valence-corrected chi connectivity index (χ0v) is 16.3. The van der Waals surface area contributed by atoms with Crippen LogP contribution in [0.5, 0.6) is 0 Å². The molecule has 0 aliphatic heterocycles. The smallest absolute Gasteiger partial charge is 0.289 e. The molecule has 0 saturated heterocycles. The third-order valence-electron chi connectivity index (χ3n) is 4.11. The van der Waals surface area contributed by atoms with E-state index in [0.29, 0.717) is 31.8 Å².